The topological polar surface area (TPSA) is 41.3 Å². The molecule has 0 heterocycles. The molecule has 1 saturated carbocycles. The van der Waals surface area contributed by atoms with Crippen molar-refractivity contribution in [3.63, 3.8) is 0 Å². The first-order valence-electron chi connectivity index (χ1n) is 13.1. The summed E-state index contributed by atoms with van der Waals surface area (Å²) in [4.78, 5) is 2.50. The Morgan fingerprint density at radius 1 is 1.12 bits per heavy atom. The van der Waals surface area contributed by atoms with Crippen molar-refractivity contribution >= 4 is 5.69 Å². The maximum Gasteiger partial charge on any atom is 0.0369 e. The molecule has 32 heavy (non-hydrogen) atoms. The number of nitrogens with zero attached hydrogens (tertiary/aromatic N) is 1. The Balaban J connectivity index is 1.98. The minimum Gasteiger partial charge on any atom is -0.366 e. The van der Waals surface area contributed by atoms with Crippen molar-refractivity contribution in [2.45, 2.75) is 104 Å². The zero-order chi connectivity index (χ0) is 23.6. The number of nitrogens with two attached hydrogens (primary N) is 1. The molecule has 0 spiro atoms. The van der Waals surface area contributed by atoms with Crippen LogP contribution in [0, 0.1) is 11.8 Å². The van der Waals surface area contributed by atoms with E-state index in [0.717, 1.165) is 32.0 Å². The van der Waals surface area contributed by atoms with Crippen LogP contribution in [0.2, 0.25) is 0 Å². The molecule has 0 aromatic heterocycles. The molecule has 3 heteroatoms. The quantitative estimate of drug-likeness (QED) is 0.334. The highest BCUT2D eigenvalue weighted by Crippen LogP contribution is 2.28. The molecule has 3 nitrogen and oxygen atoms in total. The number of hydrogen-bond donors (Lipinski definition) is 2. The third-order valence-corrected chi connectivity index (χ3v) is 6.79. The first-order chi connectivity index (χ1) is 15.1. The van der Waals surface area contributed by atoms with Gasteiger partial charge in [-0.15, -0.1) is 0 Å². The molecule has 0 bridgehead atoms. The van der Waals surface area contributed by atoms with Crippen molar-refractivity contribution in [1.29, 1.82) is 0 Å². The van der Waals surface area contributed by atoms with Crippen LogP contribution in [0.1, 0.15) is 92.1 Å². The molecule has 1 aromatic rings. The summed E-state index contributed by atoms with van der Waals surface area (Å²) in [6, 6.07) is 9.58. The van der Waals surface area contributed by atoms with E-state index in [0.29, 0.717) is 5.92 Å². The van der Waals surface area contributed by atoms with Gasteiger partial charge in [0.05, 0.1) is 0 Å². The average molecular weight is 442 g/mol. The zero-order valence-electron chi connectivity index (χ0n) is 21.9. The van der Waals surface area contributed by atoms with Crippen LogP contribution in [0.5, 0.6) is 0 Å². The van der Waals surface area contributed by atoms with Crippen molar-refractivity contribution in [2.24, 2.45) is 17.6 Å². The normalized spacial score (nSPS) is 16.2. The molecule has 1 aliphatic rings. The van der Waals surface area contributed by atoms with Crippen molar-refractivity contribution < 1.29 is 0 Å². The number of hydrogen-bond acceptors (Lipinski definition) is 3. The van der Waals surface area contributed by atoms with E-state index in [1.54, 1.807) is 0 Å². The second-order valence-corrected chi connectivity index (χ2v) is 11.5. The van der Waals surface area contributed by atoms with Gasteiger partial charge in [-0.1, -0.05) is 69.7 Å². The van der Waals surface area contributed by atoms with Gasteiger partial charge in [-0.25, -0.2) is 0 Å². The molecular weight excluding hydrogens is 390 g/mol. The highest BCUT2D eigenvalue weighted by molar-refractivity contribution is 5.49. The third kappa shape index (κ3) is 10.5. The minimum atomic E-state index is -0.0102. The second-order valence-electron chi connectivity index (χ2n) is 11.5. The Labute approximate surface area is 199 Å². The molecule has 182 valence electrons. The minimum absolute atomic E-state index is 0.0102. The Morgan fingerprint density at radius 3 is 2.38 bits per heavy atom. The lowest BCUT2D eigenvalue weighted by molar-refractivity contribution is 0.339. The molecule has 0 aliphatic heterocycles. The molecule has 0 saturated heterocycles. The Bertz CT molecular complexity index is 664. The SMILES string of the molecule is CC(C)=CCN(CC(C)(C)NC[C@@H](N)CC(C)C)c1ccc(CCC2CCCCC2)cc1. The Hall–Kier alpha value is -1.32. The lowest BCUT2D eigenvalue weighted by atomic mass is 9.85. The van der Waals surface area contributed by atoms with Crippen LogP contribution >= 0.6 is 0 Å². The molecule has 0 amide bonds. The number of aryl methyl sites for hydroxylation is 1. The van der Waals surface area contributed by atoms with E-state index in [-0.39, 0.29) is 11.6 Å². The number of anilines is 1. The van der Waals surface area contributed by atoms with Crippen molar-refractivity contribution in [1.82, 2.24) is 5.32 Å². The number of allylic oxidation sites excluding steroid dienone is 1. The van der Waals surface area contributed by atoms with Crippen molar-refractivity contribution in [3.8, 4) is 0 Å². The van der Waals surface area contributed by atoms with E-state index in [1.807, 2.05) is 0 Å². The fraction of sp³-hybridized carbons (Fsp3) is 0.724. The summed E-state index contributed by atoms with van der Waals surface area (Å²) in [5.41, 5.74) is 10.5. The molecule has 1 aliphatic carbocycles. The summed E-state index contributed by atoms with van der Waals surface area (Å²) in [6.45, 7) is 16.2. The molecule has 1 aromatic carbocycles. The highest BCUT2D eigenvalue weighted by Gasteiger charge is 2.22. The van der Waals surface area contributed by atoms with Crippen LogP contribution in [0.25, 0.3) is 0 Å². The fourth-order valence-corrected chi connectivity index (χ4v) is 4.90. The fourth-order valence-electron chi connectivity index (χ4n) is 4.90. The van der Waals surface area contributed by atoms with E-state index in [2.05, 4.69) is 82.1 Å². The van der Waals surface area contributed by atoms with Crippen molar-refractivity contribution in [2.75, 3.05) is 24.5 Å². The van der Waals surface area contributed by atoms with Gasteiger partial charge in [-0.3, -0.25) is 0 Å². The van der Waals surface area contributed by atoms with Crippen LogP contribution in [-0.4, -0.2) is 31.2 Å². The van der Waals surface area contributed by atoms with E-state index in [1.165, 1.54) is 61.8 Å². The van der Waals surface area contributed by atoms with Gasteiger partial charge in [-0.05, 0) is 76.5 Å². The molecule has 3 N–H and O–H groups in total. The van der Waals surface area contributed by atoms with Crippen LogP contribution in [0.3, 0.4) is 0 Å². The van der Waals surface area contributed by atoms with Gasteiger partial charge in [0, 0.05) is 36.9 Å². The molecule has 0 radical (unpaired) electrons. The summed E-state index contributed by atoms with van der Waals surface area (Å²) in [6.07, 6.45) is 13.2. The van der Waals surface area contributed by atoms with Gasteiger partial charge in [0.15, 0.2) is 0 Å². The largest absolute Gasteiger partial charge is 0.366 e. The van der Waals surface area contributed by atoms with E-state index < -0.39 is 0 Å². The number of nitrogens with one attached hydrogen (secondary N) is 1. The summed E-state index contributed by atoms with van der Waals surface area (Å²) in [7, 11) is 0. The monoisotopic (exact) mass is 441 g/mol. The molecule has 1 fully saturated rings. The number of rotatable bonds is 13. The predicted molar refractivity (Wildman–Crippen MR) is 142 cm³/mol. The first kappa shape index (κ1) is 26.9. The lowest BCUT2D eigenvalue weighted by Gasteiger charge is -2.35. The first-order valence-corrected chi connectivity index (χ1v) is 13.1. The van der Waals surface area contributed by atoms with Gasteiger partial charge < -0.3 is 16.0 Å². The van der Waals surface area contributed by atoms with Gasteiger partial charge in [0.25, 0.3) is 0 Å². The van der Waals surface area contributed by atoms with Gasteiger partial charge in [0.1, 0.15) is 0 Å². The smallest absolute Gasteiger partial charge is 0.0369 e. The second kappa shape index (κ2) is 13.4. The van der Waals surface area contributed by atoms with Crippen LogP contribution in [0.4, 0.5) is 5.69 Å². The summed E-state index contributed by atoms with van der Waals surface area (Å²) < 4.78 is 0. The highest BCUT2D eigenvalue weighted by atomic mass is 15.2. The van der Waals surface area contributed by atoms with Gasteiger partial charge in [0.2, 0.25) is 0 Å². The summed E-state index contributed by atoms with van der Waals surface area (Å²) in [5.74, 6) is 1.59. The van der Waals surface area contributed by atoms with Crippen LogP contribution < -0.4 is 16.0 Å². The van der Waals surface area contributed by atoms with Gasteiger partial charge in [-0.2, -0.15) is 0 Å². The number of benzene rings is 1. The van der Waals surface area contributed by atoms with E-state index in [9.17, 15) is 0 Å². The van der Waals surface area contributed by atoms with Crippen LogP contribution in [-0.2, 0) is 6.42 Å². The zero-order valence-corrected chi connectivity index (χ0v) is 21.9. The molecule has 0 unspecified atom stereocenters. The summed E-state index contributed by atoms with van der Waals surface area (Å²) in [5, 5.41) is 3.73. The summed E-state index contributed by atoms with van der Waals surface area (Å²) >= 11 is 0. The Morgan fingerprint density at radius 2 is 1.78 bits per heavy atom. The maximum absolute atomic E-state index is 6.34. The van der Waals surface area contributed by atoms with Gasteiger partial charge >= 0.3 is 0 Å². The predicted octanol–water partition coefficient (Wildman–Crippen LogP) is 6.71. The van der Waals surface area contributed by atoms with Crippen LogP contribution in [0.15, 0.2) is 35.9 Å². The molecule has 2 rings (SSSR count). The van der Waals surface area contributed by atoms with E-state index >= 15 is 0 Å². The Kier molecular flexibility index (Phi) is 11.3. The average Bonchev–Trinajstić information content (AvgIpc) is 2.74. The molecular formula is C29H51N3. The van der Waals surface area contributed by atoms with E-state index in [4.69, 9.17) is 5.73 Å². The maximum atomic E-state index is 6.34. The van der Waals surface area contributed by atoms with Crippen molar-refractivity contribution in [3.05, 3.63) is 41.5 Å². The lowest BCUT2D eigenvalue weighted by Crippen LogP contribution is -2.52. The third-order valence-electron chi connectivity index (χ3n) is 6.79. The molecule has 1 atom stereocenters. The standard InChI is InChI=1S/C29H51N3/c1-23(2)18-19-32(22-29(5,6)31-21-27(30)20-24(3)4)28-16-14-26(15-17-28)13-12-25-10-8-7-9-11-25/h14-18,24-25,27,31H,7-13,19-22,30H2,1-6H3/t27-/m0/s1.